The molecule has 1 fully saturated rings. The Balaban J connectivity index is 1.57. The summed E-state index contributed by atoms with van der Waals surface area (Å²) < 4.78 is 5.66. The highest BCUT2D eigenvalue weighted by Crippen LogP contribution is 2.36. The van der Waals surface area contributed by atoms with Crippen LogP contribution in [-0.2, 0) is 12.0 Å². The average molecular weight is 380 g/mol. The van der Waals surface area contributed by atoms with Gasteiger partial charge in [0.25, 0.3) is 5.91 Å². The van der Waals surface area contributed by atoms with Gasteiger partial charge < -0.3 is 19.6 Å². The van der Waals surface area contributed by atoms with Crippen molar-refractivity contribution in [2.45, 2.75) is 30.9 Å². The van der Waals surface area contributed by atoms with Gasteiger partial charge in [0.2, 0.25) is 0 Å². The largest absolute Gasteiger partial charge is 0.493 e. The number of likely N-dealkylation sites (N-methyl/N-ethyl adjacent to an activating group) is 1. The van der Waals surface area contributed by atoms with Crippen molar-refractivity contribution in [1.82, 2.24) is 9.80 Å². The summed E-state index contributed by atoms with van der Waals surface area (Å²) in [6.45, 7) is 1.77. The summed E-state index contributed by atoms with van der Waals surface area (Å²) in [5.74, 6) is 0.918. The first-order chi connectivity index (χ1) is 13.5. The lowest BCUT2D eigenvalue weighted by molar-refractivity contribution is -0.0810. The van der Waals surface area contributed by atoms with E-state index in [1.165, 1.54) is 0 Å². The zero-order chi connectivity index (χ0) is 19.7. The number of carbonyl (C=O) groups is 1. The Morgan fingerprint density at radius 3 is 2.75 bits per heavy atom. The number of benzene rings is 2. The molecular weight excluding hydrogens is 352 g/mol. The molecule has 2 aromatic carbocycles. The zero-order valence-corrected chi connectivity index (χ0v) is 16.6. The van der Waals surface area contributed by atoms with Crippen molar-refractivity contribution >= 4 is 5.91 Å². The number of aryl methyl sites for hydroxylation is 1. The van der Waals surface area contributed by atoms with E-state index in [1.54, 1.807) is 0 Å². The Kier molecular flexibility index (Phi) is 5.13. The zero-order valence-electron chi connectivity index (χ0n) is 16.6. The maximum absolute atomic E-state index is 13.2. The molecule has 2 heterocycles. The van der Waals surface area contributed by atoms with E-state index in [-0.39, 0.29) is 11.9 Å². The summed E-state index contributed by atoms with van der Waals surface area (Å²) >= 11 is 0. The van der Waals surface area contributed by atoms with Gasteiger partial charge in [-0.2, -0.15) is 0 Å². The van der Waals surface area contributed by atoms with Crippen molar-refractivity contribution in [3.63, 3.8) is 0 Å². The third-order valence-corrected chi connectivity index (χ3v) is 6.05. The Morgan fingerprint density at radius 1 is 1.21 bits per heavy atom. The minimum Gasteiger partial charge on any atom is -0.493 e. The van der Waals surface area contributed by atoms with Crippen LogP contribution >= 0.6 is 0 Å². The highest BCUT2D eigenvalue weighted by molar-refractivity contribution is 5.94. The molecule has 0 aliphatic carbocycles. The smallest absolute Gasteiger partial charge is 0.253 e. The van der Waals surface area contributed by atoms with Gasteiger partial charge in [0.15, 0.2) is 0 Å². The fourth-order valence-corrected chi connectivity index (χ4v) is 4.44. The van der Waals surface area contributed by atoms with Gasteiger partial charge in [-0.05, 0) is 62.7 Å². The van der Waals surface area contributed by atoms with Gasteiger partial charge >= 0.3 is 0 Å². The van der Waals surface area contributed by atoms with Gasteiger partial charge in [-0.3, -0.25) is 4.79 Å². The van der Waals surface area contributed by atoms with E-state index in [1.807, 2.05) is 72.4 Å². The molecule has 0 unspecified atom stereocenters. The van der Waals surface area contributed by atoms with E-state index in [9.17, 15) is 9.90 Å². The highest BCUT2D eigenvalue weighted by Gasteiger charge is 2.45. The van der Waals surface area contributed by atoms with Crippen LogP contribution < -0.4 is 4.74 Å². The Labute approximate surface area is 166 Å². The lowest BCUT2D eigenvalue weighted by Gasteiger charge is -2.47. The predicted molar refractivity (Wildman–Crippen MR) is 109 cm³/mol. The van der Waals surface area contributed by atoms with Crippen LogP contribution in [0, 0.1) is 0 Å². The summed E-state index contributed by atoms with van der Waals surface area (Å²) in [4.78, 5) is 17.1. The predicted octanol–water partition coefficient (Wildman–Crippen LogP) is 2.68. The van der Waals surface area contributed by atoms with Crippen molar-refractivity contribution in [2.75, 3.05) is 33.8 Å². The van der Waals surface area contributed by atoms with Crippen molar-refractivity contribution in [1.29, 1.82) is 0 Å². The molecule has 5 nitrogen and oxygen atoms in total. The summed E-state index contributed by atoms with van der Waals surface area (Å²) in [7, 11) is 3.92. The molecule has 0 bridgehead atoms. The third-order valence-electron chi connectivity index (χ3n) is 6.05. The SMILES string of the molecule is CN(C)[C@@H]1CN(C(=O)c2ccc3c(c2)CCCO3)CC[C@]1(O)c1ccccc1. The Bertz CT molecular complexity index is 852. The fraction of sp³-hybridized carbons (Fsp3) is 0.435. The molecule has 0 saturated carbocycles. The highest BCUT2D eigenvalue weighted by atomic mass is 16.5. The van der Waals surface area contributed by atoms with Crippen LogP contribution in [0.25, 0.3) is 0 Å². The number of amides is 1. The molecule has 2 atom stereocenters. The van der Waals surface area contributed by atoms with Crippen molar-refractivity contribution in [2.24, 2.45) is 0 Å². The molecule has 1 N–H and O–H groups in total. The molecule has 28 heavy (non-hydrogen) atoms. The third kappa shape index (κ3) is 3.40. The number of likely N-dealkylation sites (tertiary alicyclic amines) is 1. The van der Waals surface area contributed by atoms with Crippen molar-refractivity contribution in [3.8, 4) is 5.75 Å². The van der Waals surface area contributed by atoms with Gasteiger partial charge in [-0.15, -0.1) is 0 Å². The Morgan fingerprint density at radius 2 is 2.00 bits per heavy atom. The minimum absolute atomic E-state index is 0.0235. The molecule has 2 aromatic rings. The summed E-state index contributed by atoms with van der Waals surface area (Å²) in [6, 6.07) is 15.4. The number of carbonyl (C=O) groups excluding carboxylic acids is 1. The molecule has 148 valence electrons. The van der Waals surface area contributed by atoms with Gasteiger partial charge in [-0.25, -0.2) is 0 Å². The first-order valence-corrected chi connectivity index (χ1v) is 9.98. The van der Waals surface area contributed by atoms with E-state index in [2.05, 4.69) is 0 Å². The van der Waals surface area contributed by atoms with E-state index in [4.69, 9.17) is 4.74 Å². The van der Waals surface area contributed by atoms with Crippen molar-refractivity contribution in [3.05, 3.63) is 65.2 Å². The second-order valence-electron chi connectivity index (χ2n) is 8.05. The quantitative estimate of drug-likeness (QED) is 0.890. The van der Waals surface area contributed by atoms with Gasteiger partial charge in [-0.1, -0.05) is 30.3 Å². The van der Waals surface area contributed by atoms with Crippen LogP contribution in [0.4, 0.5) is 0 Å². The van der Waals surface area contributed by atoms with E-state index < -0.39 is 5.60 Å². The molecule has 2 aliphatic heterocycles. The molecule has 0 aromatic heterocycles. The number of hydrogen-bond donors (Lipinski definition) is 1. The average Bonchev–Trinajstić information content (AvgIpc) is 2.73. The lowest BCUT2D eigenvalue weighted by atomic mass is 9.79. The van der Waals surface area contributed by atoms with Crippen LogP contribution in [0.1, 0.15) is 34.3 Å². The van der Waals surface area contributed by atoms with Crippen LogP contribution in [0.3, 0.4) is 0 Å². The minimum atomic E-state index is -0.967. The molecule has 1 amide bonds. The van der Waals surface area contributed by atoms with Crippen LogP contribution in [-0.4, -0.2) is 60.6 Å². The molecule has 5 heteroatoms. The fourth-order valence-electron chi connectivity index (χ4n) is 4.44. The number of nitrogens with zero attached hydrogens (tertiary/aromatic N) is 2. The normalized spacial score (nSPS) is 24.6. The standard InChI is InChI=1S/C23H28N2O3/c1-24(2)21-16-25(13-12-23(21,27)19-8-4-3-5-9-19)22(26)18-10-11-20-17(15-18)7-6-14-28-20/h3-5,8-11,15,21,27H,6-7,12-14,16H2,1-2H3/t21-,23+/m1/s1. The number of hydrogen-bond acceptors (Lipinski definition) is 4. The van der Waals surface area contributed by atoms with E-state index >= 15 is 0 Å². The number of fused-ring (bicyclic) bond motifs is 1. The molecule has 0 spiro atoms. The summed E-state index contributed by atoms with van der Waals surface area (Å²) in [5.41, 5.74) is 1.75. The van der Waals surface area contributed by atoms with Crippen LogP contribution in [0.2, 0.25) is 0 Å². The first-order valence-electron chi connectivity index (χ1n) is 9.98. The van der Waals surface area contributed by atoms with E-state index in [0.717, 1.165) is 36.3 Å². The molecule has 0 radical (unpaired) electrons. The number of piperidine rings is 1. The maximum atomic E-state index is 13.2. The van der Waals surface area contributed by atoms with Gasteiger partial charge in [0, 0.05) is 18.7 Å². The lowest BCUT2D eigenvalue weighted by Crippen LogP contribution is -2.60. The summed E-state index contributed by atoms with van der Waals surface area (Å²) in [5, 5.41) is 11.5. The van der Waals surface area contributed by atoms with E-state index in [0.29, 0.717) is 25.1 Å². The number of rotatable bonds is 3. The number of ether oxygens (including phenoxy) is 1. The summed E-state index contributed by atoms with van der Waals surface area (Å²) in [6.07, 6.45) is 2.45. The van der Waals surface area contributed by atoms with Gasteiger partial charge in [0.05, 0.1) is 12.6 Å². The monoisotopic (exact) mass is 380 g/mol. The molecular formula is C23H28N2O3. The Hall–Kier alpha value is -2.37. The van der Waals surface area contributed by atoms with Crippen molar-refractivity contribution < 1.29 is 14.6 Å². The first kappa shape index (κ1) is 19.0. The maximum Gasteiger partial charge on any atom is 0.253 e. The molecule has 1 saturated heterocycles. The second-order valence-corrected chi connectivity index (χ2v) is 8.05. The van der Waals surface area contributed by atoms with Gasteiger partial charge in [0.1, 0.15) is 11.4 Å². The molecule has 4 rings (SSSR count). The van der Waals surface area contributed by atoms with Crippen LogP contribution in [0.5, 0.6) is 5.75 Å². The topological polar surface area (TPSA) is 53.0 Å². The molecule has 2 aliphatic rings. The second kappa shape index (κ2) is 7.57. The number of aliphatic hydroxyl groups is 1. The van der Waals surface area contributed by atoms with Crippen LogP contribution in [0.15, 0.2) is 48.5 Å².